The molecular weight excluding hydrogens is 300 g/mol. The highest BCUT2D eigenvalue weighted by Crippen LogP contribution is 2.26. The van der Waals surface area contributed by atoms with Gasteiger partial charge in [0.25, 0.3) is 0 Å². The van der Waals surface area contributed by atoms with E-state index < -0.39 is 6.10 Å². The average molecular weight is 334 g/mol. The van der Waals surface area contributed by atoms with Crippen molar-refractivity contribution in [2.75, 3.05) is 0 Å². The Hall–Kier alpha value is -1.27. The normalized spacial score (nSPS) is 22.8. The molecule has 1 rings (SSSR count). The number of aliphatic hydroxyl groups is 1. The van der Waals surface area contributed by atoms with Gasteiger partial charge in [0, 0.05) is 12.8 Å². The molecule has 1 aliphatic heterocycles. The molecule has 1 N–H and O–H groups in total. The Bertz CT molecular complexity index is 419. The molecular formula is C21H34O3. The van der Waals surface area contributed by atoms with E-state index in [2.05, 4.69) is 18.4 Å². The van der Waals surface area contributed by atoms with Gasteiger partial charge in [0.1, 0.15) is 12.2 Å². The van der Waals surface area contributed by atoms with Gasteiger partial charge in [-0.1, -0.05) is 38.2 Å². The molecule has 24 heavy (non-hydrogen) atoms. The van der Waals surface area contributed by atoms with E-state index in [4.69, 9.17) is 4.74 Å². The molecule has 0 unspecified atom stereocenters. The first-order valence-electron chi connectivity index (χ1n) is 9.62. The summed E-state index contributed by atoms with van der Waals surface area (Å²) in [6, 6.07) is 0. The summed E-state index contributed by atoms with van der Waals surface area (Å²) in [7, 11) is 0. The molecule has 0 aromatic rings. The molecule has 1 saturated heterocycles. The molecule has 1 aliphatic rings. The van der Waals surface area contributed by atoms with Crippen LogP contribution in [-0.4, -0.2) is 23.3 Å². The summed E-state index contributed by atoms with van der Waals surface area (Å²) in [5.41, 5.74) is 0. The molecule has 0 aromatic carbocycles. The van der Waals surface area contributed by atoms with Gasteiger partial charge in [0.05, 0.1) is 5.92 Å². The van der Waals surface area contributed by atoms with Crippen molar-refractivity contribution in [3.63, 3.8) is 0 Å². The molecule has 136 valence electrons. The van der Waals surface area contributed by atoms with Crippen molar-refractivity contribution in [2.24, 2.45) is 5.92 Å². The summed E-state index contributed by atoms with van der Waals surface area (Å²) >= 11 is 0. The maximum absolute atomic E-state index is 11.6. The molecule has 0 aromatic heterocycles. The number of esters is 1. The summed E-state index contributed by atoms with van der Waals surface area (Å²) in [6.45, 7) is 5.48. The minimum atomic E-state index is -0.625. The molecule has 1 heterocycles. The maximum Gasteiger partial charge on any atom is 0.312 e. The predicted octanol–water partition coefficient (Wildman–Crippen LogP) is 4.78. The first-order valence-corrected chi connectivity index (χ1v) is 9.62. The number of carbonyl (C=O) groups excluding carboxylic acids is 1. The third-order valence-corrected chi connectivity index (χ3v) is 4.65. The lowest BCUT2D eigenvalue weighted by Gasteiger charge is -2.11. The Kier molecular flexibility index (Phi) is 11.3. The van der Waals surface area contributed by atoms with Gasteiger partial charge in [-0.15, -0.1) is 18.4 Å². The van der Waals surface area contributed by atoms with Crippen LogP contribution in [0.2, 0.25) is 0 Å². The van der Waals surface area contributed by atoms with Crippen molar-refractivity contribution in [3.8, 4) is 11.8 Å². The summed E-state index contributed by atoms with van der Waals surface area (Å²) < 4.78 is 5.04. The lowest BCUT2D eigenvalue weighted by molar-refractivity contribution is -0.143. The second-order valence-electron chi connectivity index (χ2n) is 6.79. The largest absolute Gasteiger partial charge is 0.460 e. The fraction of sp³-hybridized carbons (Fsp3) is 0.762. The first-order chi connectivity index (χ1) is 11.7. The van der Waals surface area contributed by atoms with Crippen molar-refractivity contribution in [2.45, 2.75) is 96.2 Å². The topological polar surface area (TPSA) is 46.5 Å². The number of ether oxygens (including phenoxy) is 1. The van der Waals surface area contributed by atoms with Crippen LogP contribution in [0.5, 0.6) is 0 Å². The maximum atomic E-state index is 11.6. The Balaban J connectivity index is 1.90. The highest BCUT2D eigenvalue weighted by Gasteiger charge is 2.40. The van der Waals surface area contributed by atoms with E-state index in [0.717, 1.165) is 51.4 Å². The van der Waals surface area contributed by atoms with Gasteiger partial charge >= 0.3 is 5.97 Å². The summed E-state index contributed by atoms with van der Waals surface area (Å²) in [6.07, 6.45) is 14.2. The van der Waals surface area contributed by atoms with Crippen LogP contribution in [-0.2, 0) is 9.53 Å². The molecule has 3 nitrogen and oxygen atoms in total. The number of hydrogen-bond acceptors (Lipinski definition) is 3. The number of hydrogen-bond donors (Lipinski definition) is 1. The van der Waals surface area contributed by atoms with Crippen molar-refractivity contribution in [3.05, 3.63) is 12.7 Å². The highest BCUT2D eigenvalue weighted by atomic mass is 16.6. The summed E-state index contributed by atoms with van der Waals surface area (Å²) in [5.74, 6) is 5.98. The summed E-state index contributed by atoms with van der Waals surface area (Å²) in [4.78, 5) is 11.6. The van der Waals surface area contributed by atoms with Gasteiger partial charge in [0.15, 0.2) is 0 Å². The Labute approximate surface area is 147 Å². The van der Waals surface area contributed by atoms with Crippen LogP contribution in [0, 0.1) is 17.8 Å². The van der Waals surface area contributed by atoms with Crippen molar-refractivity contribution >= 4 is 5.97 Å². The van der Waals surface area contributed by atoms with Gasteiger partial charge in [-0.05, 0) is 39.0 Å². The van der Waals surface area contributed by atoms with E-state index in [1.807, 2.05) is 6.08 Å². The highest BCUT2D eigenvalue weighted by molar-refractivity contribution is 5.75. The molecule has 0 amide bonds. The molecule has 3 atom stereocenters. The van der Waals surface area contributed by atoms with E-state index in [-0.39, 0.29) is 18.0 Å². The lowest BCUT2D eigenvalue weighted by Crippen LogP contribution is -2.24. The van der Waals surface area contributed by atoms with Crippen LogP contribution in [0.25, 0.3) is 0 Å². The number of cyclic esters (lactones) is 1. The first kappa shape index (κ1) is 20.8. The van der Waals surface area contributed by atoms with E-state index in [1.54, 1.807) is 6.92 Å². The van der Waals surface area contributed by atoms with Crippen LogP contribution in [0.15, 0.2) is 12.7 Å². The van der Waals surface area contributed by atoms with Crippen molar-refractivity contribution < 1.29 is 14.6 Å². The SMILES string of the molecule is C=CCCCCCCC#CCCCCCC[C@H]1C(=O)O[C@@H](C)[C@H]1O. The fourth-order valence-corrected chi connectivity index (χ4v) is 3.06. The Morgan fingerprint density at radius 3 is 2.17 bits per heavy atom. The number of allylic oxidation sites excluding steroid dienone is 1. The smallest absolute Gasteiger partial charge is 0.312 e. The van der Waals surface area contributed by atoms with Gasteiger partial charge in [0.2, 0.25) is 0 Å². The van der Waals surface area contributed by atoms with Gasteiger partial charge in [-0.3, -0.25) is 4.79 Å². The molecule has 0 saturated carbocycles. The minimum Gasteiger partial charge on any atom is -0.460 e. The molecule has 0 spiro atoms. The second-order valence-corrected chi connectivity index (χ2v) is 6.79. The Morgan fingerprint density at radius 2 is 1.62 bits per heavy atom. The van der Waals surface area contributed by atoms with Crippen molar-refractivity contribution in [1.82, 2.24) is 0 Å². The quantitative estimate of drug-likeness (QED) is 0.242. The second kappa shape index (κ2) is 13.1. The van der Waals surface area contributed by atoms with Crippen molar-refractivity contribution in [1.29, 1.82) is 0 Å². The van der Waals surface area contributed by atoms with Crippen LogP contribution in [0.1, 0.15) is 84.0 Å². The summed E-state index contributed by atoms with van der Waals surface area (Å²) in [5, 5.41) is 9.86. The molecule has 0 bridgehead atoms. The Morgan fingerprint density at radius 1 is 1.04 bits per heavy atom. The van der Waals surface area contributed by atoms with E-state index in [9.17, 15) is 9.90 Å². The molecule has 1 fully saturated rings. The van der Waals surface area contributed by atoms with Gasteiger partial charge in [-0.2, -0.15) is 0 Å². The van der Waals surface area contributed by atoms with E-state index in [0.29, 0.717) is 0 Å². The number of rotatable bonds is 12. The molecule has 0 radical (unpaired) electrons. The van der Waals surface area contributed by atoms with E-state index in [1.165, 1.54) is 25.7 Å². The van der Waals surface area contributed by atoms with Crippen LogP contribution in [0.3, 0.4) is 0 Å². The minimum absolute atomic E-state index is 0.231. The fourth-order valence-electron chi connectivity index (χ4n) is 3.06. The van der Waals surface area contributed by atoms with Gasteiger partial charge < -0.3 is 9.84 Å². The zero-order valence-electron chi connectivity index (χ0n) is 15.3. The zero-order valence-corrected chi connectivity index (χ0v) is 15.3. The molecule has 0 aliphatic carbocycles. The van der Waals surface area contributed by atoms with Crippen LogP contribution < -0.4 is 0 Å². The average Bonchev–Trinajstić information content (AvgIpc) is 2.81. The monoisotopic (exact) mass is 334 g/mol. The van der Waals surface area contributed by atoms with E-state index >= 15 is 0 Å². The lowest BCUT2D eigenvalue weighted by atomic mass is 9.95. The zero-order chi connectivity index (χ0) is 17.6. The number of carbonyl (C=O) groups is 1. The van der Waals surface area contributed by atoms with Crippen LogP contribution >= 0.6 is 0 Å². The predicted molar refractivity (Wildman–Crippen MR) is 98.4 cm³/mol. The number of unbranched alkanes of at least 4 members (excludes halogenated alkanes) is 9. The third kappa shape index (κ3) is 8.55. The standard InChI is InChI=1S/C21H34O3/c1-3-4-5-6-7-8-9-10-11-12-13-14-15-16-17-19-20(22)18(2)24-21(19)23/h3,18-20,22H,1,4-9,12-17H2,2H3/t18-,19+,20+/m0/s1. The van der Waals surface area contributed by atoms with Gasteiger partial charge in [-0.25, -0.2) is 0 Å². The number of aliphatic hydroxyl groups excluding tert-OH is 1. The third-order valence-electron chi connectivity index (χ3n) is 4.65. The molecule has 3 heteroatoms. The van der Waals surface area contributed by atoms with Crippen LogP contribution in [0.4, 0.5) is 0 Å².